The number of amides is 1. The van der Waals surface area contributed by atoms with Crippen LogP contribution in [0.3, 0.4) is 0 Å². The number of rotatable bonds is 7. The Morgan fingerprint density at radius 1 is 1.15 bits per heavy atom. The Kier molecular flexibility index (Phi) is 6.24. The van der Waals surface area contributed by atoms with Crippen molar-refractivity contribution in [3.63, 3.8) is 0 Å². The Morgan fingerprint density at radius 2 is 1.88 bits per heavy atom. The quantitative estimate of drug-likeness (QED) is 0.514. The van der Waals surface area contributed by atoms with E-state index in [1.165, 1.54) is 11.3 Å². The number of hydrogen-bond donors (Lipinski definition) is 3. The molecule has 3 atom stereocenters. The monoisotopic (exact) mass is 371 g/mol. The molecule has 2 aromatic rings. The van der Waals surface area contributed by atoms with E-state index in [-0.39, 0.29) is 17.6 Å². The van der Waals surface area contributed by atoms with E-state index in [4.69, 9.17) is 0 Å². The summed E-state index contributed by atoms with van der Waals surface area (Å²) < 4.78 is 0. The van der Waals surface area contributed by atoms with Crippen LogP contribution in [0.4, 0.5) is 0 Å². The number of carbonyl (C=O) groups is 2. The Bertz CT molecular complexity index is 735. The van der Waals surface area contributed by atoms with Crippen molar-refractivity contribution in [2.75, 3.05) is 0 Å². The van der Waals surface area contributed by atoms with E-state index >= 15 is 0 Å². The molecular weight excluding hydrogens is 349 g/mol. The van der Waals surface area contributed by atoms with E-state index in [1.807, 2.05) is 35.0 Å². The molecule has 1 saturated carbocycles. The van der Waals surface area contributed by atoms with Gasteiger partial charge in [-0.2, -0.15) is 11.3 Å². The van der Waals surface area contributed by atoms with Gasteiger partial charge in [0.15, 0.2) is 5.78 Å². The summed E-state index contributed by atoms with van der Waals surface area (Å²) in [5.41, 5.74) is 1.56. The standard InChI is InChI=1S/C19H22BNO4S/c22-18(14-5-2-1-3-6-14)15-7-4-8-16(15)19(23)21-17(20(24)25)11-13-9-10-26-12-13/h1-3,5-6,9-10,12,15-17,24-25H,4,7-8,11H2,(H,21,23)/t15?,16-,17?/m1/s1. The number of nitrogens with one attached hydrogen (secondary N) is 1. The second kappa shape index (κ2) is 8.62. The van der Waals surface area contributed by atoms with Crippen molar-refractivity contribution in [2.45, 2.75) is 31.6 Å². The normalized spacial score (nSPS) is 20.5. The van der Waals surface area contributed by atoms with Crippen LogP contribution in [0.1, 0.15) is 35.2 Å². The molecule has 1 amide bonds. The molecule has 3 rings (SSSR count). The Morgan fingerprint density at radius 3 is 2.54 bits per heavy atom. The lowest BCUT2D eigenvalue weighted by molar-refractivity contribution is -0.126. The maximum Gasteiger partial charge on any atom is 0.475 e. The molecule has 136 valence electrons. The second-order valence-electron chi connectivity index (χ2n) is 6.74. The van der Waals surface area contributed by atoms with Gasteiger partial charge in [0, 0.05) is 17.4 Å². The molecule has 1 aromatic heterocycles. The smallest absolute Gasteiger partial charge is 0.426 e. The van der Waals surface area contributed by atoms with Gasteiger partial charge in [0.05, 0.1) is 5.94 Å². The van der Waals surface area contributed by atoms with E-state index in [1.54, 1.807) is 12.1 Å². The summed E-state index contributed by atoms with van der Waals surface area (Å²) in [5, 5.41) is 25.8. The highest BCUT2D eigenvalue weighted by atomic mass is 32.1. The van der Waals surface area contributed by atoms with Crippen LogP contribution < -0.4 is 5.32 Å². The largest absolute Gasteiger partial charge is 0.475 e. The van der Waals surface area contributed by atoms with Crippen molar-refractivity contribution < 1.29 is 19.6 Å². The van der Waals surface area contributed by atoms with Crippen molar-refractivity contribution >= 4 is 30.1 Å². The summed E-state index contributed by atoms with van der Waals surface area (Å²) in [7, 11) is -1.65. The van der Waals surface area contributed by atoms with E-state index in [9.17, 15) is 19.6 Å². The number of ketones is 1. The first-order chi connectivity index (χ1) is 12.6. The van der Waals surface area contributed by atoms with E-state index in [0.29, 0.717) is 24.8 Å². The van der Waals surface area contributed by atoms with Crippen LogP contribution in [-0.2, 0) is 11.2 Å². The Hall–Kier alpha value is -1.96. The molecule has 0 spiro atoms. The Balaban J connectivity index is 1.68. The zero-order chi connectivity index (χ0) is 18.5. The second-order valence-corrected chi connectivity index (χ2v) is 7.52. The molecule has 0 aliphatic heterocycles. The number of hydrogen-bond acceptors (Lipinski definition) is 5. The maximum atomic E-state index is 12.8. The molecule has 3 N–H and O–H groups in total. The summed E-state index contributed by atoms with van der Waals surface area (Å²) in [6.07, 6.45) is 2.49. The average Bonchev–Trinajstić information content (AvgIpc) is 3.32. The van der Waals surface area contributed by atoms with Crippen LogP contribution in [-0.4, -0.2) is 34.8 Å². The van der Waals surface area contributed by atoms with Crippen LogP contribution in [0.15, 0.2) is 47.2 Å². The predicted octanol–water partition coefficient (Wildman–Crippen LogP) is 2.09. The lowest BCUT2D eigenvalue weighted by atomic mass is 9.75. The topological polar surface area (TPSA) is 86.6 Å². The van der Waals surface area contributed by atoms with Crippen molar-refractivity contribution in [2.24, 2.45) is 11.8 Å². The van der Waals surface area contributed by atoms with Gasteiger partial charge in [-0.25, -0.2) is 0 Å². The lowest BCUT2D eigenvalue weighted by Crippen LogP contribution is -2.50. The van der Waals surface area contributed by atoms with Crippen LogP contribution in [0, 0.1) is 11.8 Å². The van der Waals surface area contributed by atoms with E-state index < -0.39 is 19.0 Å². The Labute approximate surface area is 157 Å². The van der Waals surface area contributed by atoms with Gasteiger partial charge < -0.3 is 15.4 Å². The highest BCUT2D eigenvalue weighted by Crippen LogP contribution is 2.34. The lowest BCUT2D eigenvalue weighted by Gasteiger charge is -2.23. The number of Topliss-reactive ketones (excluding diaryl/α,β-unsaturated/α-hetero) is 1. The molecule has 0 saturated heterocycles. The summed E-state index contributed by atoms with van der Waals surface area (Å²) >= 11 is 1.52. The molecular formula is C19H22BNO4S. The maximum absolute atomic E-state index is 12.8. The van der Waals surface area contributed by atoms with Crippen molar-refractivity contribution in [3.8, 4) is 0 Å². The zero-order valence-electron chi connectivity index (χ0n) is 14.4. The first kappa shape index (κ1) is 18.8. The summed E-state index contributed by atoms with van der Waals surface area (Å²) in [6.45, 7) is 0. The van der Waals surface area contributed by atoms with Gasteiger partial charge in [-0.15, -0.1) is 0 Å². The molecule has 2 unspecified atom stereocenters. The van der Waals surface area contributed by atoms with Gasteiger partial charge in [0.1, 0.15) is 0 Å². The van der Waals surface area contributed by atoms with Crippen molar-refractivity contribution in [1.82, 2.24) is 5.32 Å². The fourth-order valence-electron chi connectivity index (χ4n) is 3.59. The van der Waals surface area contributed by atoms with Crippen LogP contribution in [0.25, 0.3) is 0 Å². The summed E-state index contributed by atoms with van der Waals surface area (Å²) in [5.74, 6) is -1.85. The fraction of sp³-hybridized carbons (Fsp3) is 0.368. The van der Waals surface area contributed by atoms with Crippen molar-refractivity contribution in [3.05, 3.63) is 58.3 Å². The molecule has 7 heteroatoms. The van der Waals surface area contributed by atoms with Crippen LogP contribution in [0.2, 0.25) is 0 Å². The van der Waals surface area contributed by atoms with Crippen molar-refractivity contribution in [1.29, 1.82) is 0 Å². The zero-order valence-corrected chi connectivity index (χ0v) is 15.2. The summed E-state index contributed by atoms with van der Waals surface area (Å²) in [6, 6.07) is 10.9. The molecule has 1 aromatic carbocycles. The third-order valence-electron chi connectivity index (χ3n) is 4.97. The summed E-state index contributed by atoms with van der Waals surface area (Å²) in [4.78, 5) is 25.5. The highest BCUT2D eigenvalue weighted by molar-refractivity contribution is 7.07. The first-order valence-electron chi connectivity index (χ1n) is 8.83. The van der Waals surface area contributed by atoms with Gasteiger partial charge in [0.2, 0.25) is 5.91 Å². The van der Waals surface area contributed by atoms with Crippen LogP contribution in [0.5, 0.6) is 0 Å². The fourth-order valence-corrected chi connectivity index (χ4v) is 4.27. The van der Waals surface area contributed by atoms with Gasteiger partial charge in [0.25, 0.3) is 0 Å². The molecule has 1 aliphatic rings. The first-order valence-corrected chi connectivity index (χ1v) is 9.77. The van der Waals surface area contributed by atoms with Gasteiger partial charge in [-0.3, -0.25) is 9.59 Å². The minimum atomic E-state index is -1.65. The van der Waals surface area contributed by atoms with Crippen LogP contribution >= 0.6 is 11.3 Å². The minimum Gasteiger partial charge on any atom is -0.426 e. The number of benzene rings is 1. The van der Waals surface area contributed by atoms with Gasteiger partial charge in [-0.1, -0.05) is 36.8 Å². The molecule has 26 heavy (non-hydrogen) atoms. The van der Waals surface area contributed by atoms with E-state index in [0.717, 1.165) is 12.0 Å². The van der Waals surface area contributed by atoms with Gasteiger partial charge >= 0.3 is 7.12 Å². The molecule has 1 fully saturated rings. The highest BCUT2D eigenvalue weighted by Gasteiger charge is 2.39. The van der Waals surface area contributed by atoms with Gasteiger partial charge in [-0.05, 0) is 41.7 Å². The predicted molar refractivity (Wildman–Crippen MR) is 102 cm³/mol. The third kappa shape index (κ3) is 4.41. The number of thiophene rings is 1. The number of carbonyl (C=O) groups excluding carboxylic acids is 2. The third-order valence-corrected chi connectivity index (χ3v) is 5.70. The molecule has 5 nitrogen and oxygen atoms in total. The minimum absolute atomic E-state index is 0.0119. The van der Waals surface area contributed by atoms with E-state index in [2.05, 4.69) is 5.32 Å². The molecule has 0 bridgehead atoms. The molecule has 1 heterocycles. The average molecular weight is 371 g/mol. The molecule has 1 aliphatic carbocycles. The molecule has 0 radical (unpaired) electrons. The SMILES string of the molecule is O=C(c1ccccc1)C1CCC[C@H]1C(=O)NC(Cc1ccsc1)B(O)O.